The van der Waals surface area contributed by atoms with Crippen molar-refractivity contribution in [3.8, 4) is 17.2 Å². The lowest BCUT2D eigenvalue weighted by Crippen LogP contribution is -1.97. The van der Waals surface area contributed by atoms with Crippen LogP contribution in [-0.4, -0.2) is 26.7 Å². The summed E-state index contributed by atoms with van der Waals surface area (Å²) in [5, 5.41) is 0.895. The van der Waals surface area contributed by atoms with Crippen LogP contribution in [0.3, 0.4) is 0 Å². The topological polar surface area (TPSA) is 27.7 Å². The Morgan fingerprint density at radius 3 is 2.26 bits per heavy atom. The highest BCUT2D eigenvalue weighted by atomic mass is 79.9. The molecule has 0 aromatic heterocycles. The predicted octanol–water partition coefficient (Wildman–Crippen LogP) is 5.00. The number of benzene rings is 1. The molecule has 0 bridgehead atoms. The molecule has 3 nitrogen and oxygen atoms in total. The van der Waals surface area contributed by atoms with Gasteiger partial charge in [0.1, 0.15) is 0 Å². The summed E-state index contributed by atoms with van der Waals surface area (Å²) in [5.74, 6) is 1.82. The fourth-order valence-electron chi connectivity index (χ4n) is 1.58. The number of rotatable bonds is 6. The van der Waals surface area contributed by atoms with E-state index in [9.17, 15) is 0 Å². The number of hydrogen-bond acceptors (Lipinski definition) is 3. The number of halogens is 3. The van der Waals surface area contributed by atoms with E-state index in [1.807, 2.05) is 12.1 Å². The molecule has 0 saturated carbocycles. The van der Waals surface area contributed by atoms with Crippen LogP contribution in [0, 0.1) is 0 Å². The fraction of sp³-hybridized carbons (Fsp3) is 0.385. The molecule has 0 radical (unpaired) electrons. The molecule has 6 heteroatoms. The van der Waals surface area contributed by atoms with Gasteiger partial charge in [0.25, 0.3) is 0 Å². The maximum atomic E-state index is 5.39. The Morgan fingerprint density at radius 1 is 1.16 bits per heavy atom. The van der Waals surface area contributed by atoms with Crippen LogP contribution in [0.15, 0.2) is 15.0 Å². The predicted molar refractivity (Wildman–Crippen MR) is 89.1 cm³/mol. The number of hydrogen-bond donors (Lipinski definition) is 0. The zero-order valence-corrected chi connectivity index (χ0v) is 15.7. The molecule has 1 rings (SSSR count). The van der Waals surface area contributed by atoms with Crippen LogP contribution in [-0.2, 0) is 0 Å². The number of ether oxygens (including phenoxy) is 3. The Morgan fingerprint density at radius 2 is 1.79 bits per heavy atom. The summed E-state index contributed by atoms with van der Waals surface area (Å²) in [5.41, 5.74) is 0.960. The van der Waals surface area contributed by atoms with Crippen LogP contribution in [0.4, 0.5) is 0 Å². The molecule has 0 aliphatic heterocycles. The van der Waals surface area contributed by atoms with Gasteiger partial charge in [-0.3, -0.25) is 0 Å². The average molecular weight is 459 g/mol. The summed E-state index contributed by atoms with van der Waals surface area (Å²) in [4.78, 5) is 0. The van der Waals surface area contributed by atoms with Crippen LogP contribution < -0.4 is 14.2 Å². The van der Waals surface area contributed by atoms with Crippen molar-refractivity contribution in [1.29, 1.82) is 0 Å². The highest BCUT2D eigenvalue weighted by Crippen LogP contribution is 2.45. The van der Waals surface area contributed by atoms with Gasteiger partial charge in [0, 0.05) is 5.33 Å². The summed E-state index contributed by atoms with van der Waals surface area (Å²) in [7, 11) is 4.79. The molecule has 1 aromatic carbocycles. The van der Waals surface area contributed by atoms with E-state index in [1.165, 1.54) is 0 Å². The Kier molecular flexibility index (Phi) is 7.25. The van der Waals surface area contributed by atoms with Crippen molar-refractivity contribution >= 4 is 53.9 Å². The number of allylic oxidation sites excluding steroid dienone is 1. The molecular formula is C13H15Br3O3. The zero-order chi connectivity index (χ0) is 14.4. The van der Waals surface area contributed by atoms with Gasteiger partial charge in [0.2, 0.25) is 5.75 Å². The molecule has 0 atom stereocenters. The van der Waals surface area contributed by atoms with Gasteiger partial charge in [-0.2, -0.15) is 0 Å². The van der Waals surface area contributed by atoms with Crippen molar-refractivity contribution in [2.75, 3.05) is 26.7 Å². The van der Waals surface area contributed by atoms with Gasteiger partial charge in [-0.25, -0.2) is 0 Å². The highest BCUT2D eigenvalue weighted by molar-refractivity contribution is 9.12. The molecule has 0 aliphatic rings. The Bertz CT molecular complexity index is 473. The van der Waals surface area contributed by atoms with Gasteiger partial charge >= 0.3 is 0 Å². The van der Waals surface area contributed by atoms with Gasteiger partial charge in [-0.1, -0.05) is 31.9 Å². The fourth-order valence-corrected chi connectivity index (χ4v) is 3.55. The lowest BCUT2D eigenvalue weighted by atomic mass is 10.1. The smallest absolute Gasteiger partial charge is 0.204 e. The second kappa shape index (κ2) is 8.17. The Labute approximate surface area is 138 Å². The first kappa shape index (κ1) is 16.9. The average Bonchev–Trinajstić information content (AvgIpc) is 2.40. The maximum absolute atomic E-state index is 5.39. The van der Waals surface area contributed by atoms with E-state index in [1.54, 1.807) is 21.3 Å². The van der Waals surface area contributed by atoms with Gasteiger partial charge in [0.15, 0.2) is 11.5 Å². The molecule has 0 fully saturated rings. The third-order valence-corrected chi connectivity index (χ3v) is 4.28. The minimum atomic E-state index is 0.575. The summed E-state index contributed by atoms with van der Waals surface area (Å²) >= 11 is 10.5. The molecule has 0 aliphatic carbocycles. The molecular weight excluding hydrogens is 444 g/mol. The first-order valence-corrected chi connectivity index (χ1v) is 8.20. The summed E-state index contributed by atoms with van der Waals surface area (Å²) < 4.78 is 18.0. The van der Waals surface area contributed by atoms with Crippen molar-refractivity contribution in [2.45, 2.75) is 6.42 Å². The Balaban J connectivity index is 3.38. The first-order chi connectivity index (χ1) is 9.08. The monoisotopic (exact) mass is 456 g/mol. The maximum Gasteiger partial charge on any atom is 0.204 e. The highest BCUT2D eigenvalue weighted by Gasteiger charge is 2.18. The van der Waals surface area contributed by atoms with E-state index < -0.39 is 0 Å². The first-order valence-electron chi connectivity index (χ1n) is 5.49. The number of alkyl halides is 1. The molecule has 0 spiro atoms. The molecule has 0 N–H and O–H groups in total. The second-order valence-corrected chi connectivity index (χ2v) is 6.18. The molecule has 106 valence electrons. The van der Waals surface area contributed by atoms with Crippen molar-refractivity contribution < 1.29 is 14.2 Å². The van der Waals surface area contributed by atoms with Crippen LogP contribution >= 0.6 is 47.8 Å². The quantitative estimate of drug-likeness (QED) is 0.562. The van der Waals surface area contributed by atoms with E-state index in [-0.39, 0.29) is 0 Å². The molecule has 19 heavy (non-hydrogen) atoms. The van der Waals surface area contributed by atoms with E-state index in [0.29, 0.717) is 17.2 Å². The van der Waals surface area contributed by atoms with Crippen molar-refractivity contribution in [3.05, 3.63) is 20.6 Å². The lowest BCUT2D eigenvalue weighted by Gasteiger charge is -2.15. The third kappa shape index (κ3) is 4.13. The van der Waals surface area contributed by atoms with E-state index in [2.05, 4.69) is 47.8 Å². The minimum absolute atomic E-state index is 0.575. The van der Waals surface area contributed by atoms with E-state index in [4.69, 9.17) is 14.2 Å². The normalized spacial score (nSPS) is 11.4. The van der Waals surface area contributed by atoms with Crippen LogP contribution in [0.25, 0.3) is 6.08 Å². The van der Waals surface area contributed by atoms with Gasteiger partial charge < -0.3 is 14.2 Å². The number of methoxy groups -OCH3 is 3. The standard InChI is InChI=1S/C13H15Br3O3/c1-17-10-7-8(6-9(15)4-5-14)11(16)13(19-3)12(10)18-2/h6-7H,4-5H2,1-3H3/b9-6+. The molecule has 1 aromatic rings. The molecule has 0 unspecified atom stereocenters. The second-order valence-electron chi connectivity index (χ2n) is 3.58. The van der Waals surface area contributed by atoms with Crippen molar-refractivity contribution in [1.82, 2.24) is 0 Å². The van der Waals surface area contributed by atoms with Crippen LogP contribution in [0.1, 0.15) is 12.0 Å². The minimum Gasteiger partial charge on any atom is -0.493 e. The van der Waals surface area contributed by atoms with Crippen molar-refractivity contribution in [2.24, 2.45) is 0 Å². The summed E-state index contributed by atoms with van der Waals surface area (Å²) in [6.07, 6.45) is 2.93. The van der Waals surface area contributed by atoms with E-state index in [0.717, 1.165) is 26.3 Å². The van der Waals surface area contributed by atoms with Gasteiger partial charge in [0.05, 0.1) is 25.8 Å². The van der Waals surface area contributed by atoms with Crippen LogP contribution in [0.5, 0.6) is 17.2 Å². The van der Waals surface area contributed by atoms with Crippen molar-refractivity contribution in [3.63, 3.8) is 0 Å². The molecule has 0 amide bonds. The third-order valence-electron chi connectivity index (χ3n) is 2.44. The molecule has 0 heterocycles. The van der Waals surface area contributed by atoms with Gasteiger partial charge in [-0.05, 0) is 44.5 Å². The van der Waals surface area contributed by atoms with Crippen LogP contribution in [0.2, 0.25) is 0 Å². The molecule has 0 saturated heterocycles. The zero-order valence-electron chi connectivity index (χ0n) is 10.9. The lowest BCUT2D eigenvalue weighted by molar-refractivity contribution is 0.323. The van der Waals surface area contributed by atoms with Gasteiger partial charge in [-0.15, -0.1) is 0 Å². The summed E-state index contributed by atoms with van der Waals surface area (Å²) in [6.45, 7) is 0. The van der Waals surface area contributed by atoms with E-state index >= 15 is 0 Å². The summed E-state index contributed by atoms with van der Waals surface area (Å²) in [6, 6.07) is 1.90. The Hall–Kier alpha value is -0.200. The SMILES string of the molecule is COc1cc(/C=C(/Br)CCBr)c(Br)c(OC)c1OC. The largest absolute Gasteiger partial charge is 0.493 e.